The van der Waals surface area contributed by atoms with Crippen molar-refractivity contribution >= 4 is 29.0 Å². The maximum atomic E-state index is 12.7. The number of carbonyl (C=O) groups is 1. The number of hydrogen-bond acceptors (Lipinski definition) is 4. The number of nitrogens with zero attached hydrogens (tertiary/aromatic N) is 1. The number of anilines is 2. The quantitative estimate of drug-likeness (QED) is 0.724. The largest absolute Gasteiger partial charge is 0.385 e. The molecule has 0 saturated carbocycles. The molecule has 6 nitrogen and oxygen atoms in total. The molecule has 0 aliphatic rings. The molecule has 1 aromatic carbocycles. The molecule has 0 aliphatic heterocycles. The SMILES string of the molecule is CCNc1cc(Cl)cc(C(=O)NCc2c(NC)n(C)c(C)cc2=O)c1C. The van der Waals surface area contributed by atoms with E-state index in [9.17, 15) is 9.59 Å². The van der Waals surface area contributed by atoms with Crippen LogP contribution in [0.1, 0.15) is 34.1 Å². The number of carbonyl (C=O) groups excluding carboxylic acids is 1. The number of pyridine rings is 1. The van der Waals surface area contributed by atoms with Crippen molar-refractivity contribution in [2.45, 2.75) is 27.3 Å². The second-order valence-corrected chi connectivity index (χ2v) is 6.56. The van der Waals surface area contributed by atoms with Crippen LogP contribution in [0.15, 0.2) is 23.0 Å². The number of hydrogen-bond donors (Lipinski definition) is 3. The third-order valence-corrected chi connectivity index (χ3v) is 4.65. The van der Waals surface area contributed by atoms with Crippen molar-refractivity contribution in [1.82, 2.24) is 9.88 Å². The number of nitrogens with one attached hydrogen (secondary N) is 3. The van der Waals surface area contributed by atoms with E-state index in [4.69, 9.17) is 11.6 Å². The summed E-state index contributed by atoms with van der Waals surface area (Å²) >= 11 is 6.15. The summed E-state index contributed by atoms with van der Waals surface area (Å²) in [5.41, 5.74) is 3.38. The van der Waals surface area contributed by atoms with Gasteiger partial charge in [0.1, 0.15) is 5.82 Å². The Bertz CT molecular complexity index is 890. The molecule has 3 N–H and O–H groups in total. The Morgan fingerprint density at radius 1 is 1.23 bits per heavy atom. The second kappa shape index (κ2) is 8.27. The Hall–Kier alpha value is -2.47. The second-order valence-electron chi connectivity index (χ2n) is 6.13. The van der Waals surface area contributed by atoms with Gasteiger partial charge in [0.25, 0.3) is 5.91 Å². The van der Waals surface area contributed by atoms with Gasteiger partial charge in [0.05, 0.1) is 12.1 Å². The molecule has 0 radical (unpaired) electrons. The Kier molecular flexibility index (Phi) is 6.32. The summed E-state index contributed by atoms with van der Waals surface area (Å²) in [4.78, 5) is 25.0. The van der Waals surface area contributed by atoms with E-state index in [0.29, 0.717) is 22.0 Å². The van der Waals surface area contributed by atoms with Crippen LogP contribution >= 0.6 is 11.6 Å². The van der Waals surface area contributed by atoms with Gasteiger partial charge in [-0.1, -0.05) is 11.6 Å². The predicted octanol–water partition coefficient (Wildman–Crippen LogP) is 3.06. The summed E-state index contributed by atoms with van der Waals surface area (Å²) in [6, 6.07) is 5.00. The summed E-state index contributed by atoms with van der Waals surface area (Å²) in [5, 5.41) is 9.56. The van der Waals surface area contributed by atoms with Gasteiger partial charge in [-0.2, -0.15) is 0 Å². The zero-order valence-corrected chi connectivity index (χ0v) is 16.5. The van der Waals surface area contributed by atoms with Crippen molar-refractivity contribution in [1.29, 1.82) is 0 Å². The first-order valence-electron chi connectivity index (χ1n) is 8.49. The zero-order valence-electron chi connectivity index (χ0n) is 15.8. The van der Waals surface area contributed by atoms with Crippen molar-refractivity contribution in [2.75, 3.05) is 24.2 Å². The van der Waals surface area contributed by atoms with Crippen molar-refractivity contribution < 1.29 is 4.79 Å². The summed E-state index contributed by atoms with van der Waals surface area (Å²) < 4.78 is 1.89. The summed E-state index contributed by atoms with van der Waals surface area (Å²) in [6.07, 6.45) is 0. The summed E-state index contributed by atoms with van der Waals surface area (Å²) in [6.45, 7) is 6.57. The molecule has 0 aliphatic carbocycles. The van der Waals surface area contributed by atoms with Crippen LogP contribution in [0, 0.1) is 13.8 Å². The van der Waals surface area contributed by atoms with Crippen molar-refractivity contribution in [3.05, 3.63) is 55.8 Å². The number of halogens is 1. The van der Waals surface area contributed by atoms with E-state index >= 15 is 0 Å². The monoisotopic (exact) mass is 376 g/mol. The van der Waals surface area contributed by atoms with Gasteiger partial charge in [-0.25, -0.2) is 0 Å². The van der Waals surface area contributed by atoms with Crippen LogP contribution in [0.3, 0.4) is 0 Å². The first-order chi connectivity index (χ1) is 12.3. The molecule has 7 heteroatoms. The topological polar surface area (TPSA) is 75.2 Å². The third kappa shape index (κ3) is 4.02. The molecule has 0 saturated heterocycles. The van der Waals surface area contributed by atoms with Gasteiger partial charge in [-0.3, -0.25) is 9.59 Å². The van der Waals surface area contributed by atoms with Crippen LogP contribution in [-0.2, 0) is 13.6 Å². The molecule has 0 atom stereocenters. The number of aryl methyl sites for hydroxylation is 1. The van der Waals surface area contributed by atoms with Gasteiger partial charge in [0, 0.05) is 48.7 Å². The summed E-state index contributed by atoms with van der Waals surface area (Å²) in [7, 11) is 3.62. The highest BCUT2D eigenvalue weighted by Crippen LogP contribution is 2.25. The van der Waals surface area contributed by atoms with Crippen molar-refractivity contribution in [3.8, 4) is 0 Å². The fourth-order valence-corrected chi connectivity index (χ4v) is 3.13. The van der Waals surface area contributed by atoms with Crippen LogP contribution in [-0.4, -0.2) is 24.1 Å². The van der Waals surface area contributed by atoms with E-state index in [2.05, 4.69) is 16.0 Å². The van der Waals surface area contributed by atoms with Crippen LogP contribution < -0.4 is 21.4 Å². The highest BCUT2D eigenvalue weighted by molar-refractivity contribution is 6.31. The van der Waals surface area contributed by atoms with Crippen LogP contribution in [0.5, 0.6) is 0 Å². The van der Waals surface area contributed by atoms with Crippen molar-refractivity contribution in [2.24, 2.45) is 7.05 Å². The average Bonchev–Trinajstić information content (AvgIpc) is 2.59. The van der Waals surface area contributed by atoms with Gasteiger partial charge >= 0.3 is 0 Å². The van der Waals surface area contributed by atoms with Crippen LogP contribution in [0.4, 0.5) is 11.5 Å². The highest BCUT2D eigenvalue weighted by atomic mass is 35.5. The van der Waals surface area contributed by atoms with Gasteiger partial charge in [-0.15, -0.1) is 0 Å². The molecule has 1 heterocycles. The molecule has 2 rings (SSSR count). The first-order valence-corrected chi connectivity index (χ1v) is 8.87. The zero-order chi connectivity index (χ0) is 19.4. The van der Waals surface area contributed by atoms with Gasteiger partial charge in [0.2, 0.25) is 0 Å². The molecule has 140 valence electrons. The lowest BCUT2D eigenvalue weighted by Gasteiger charge is -2.17. The molecule has 26 heavy (non-hydrogen) atoms. The molecule has 2 aromatic rings. The van der Waals surface area contributed by atoms with E-state index in [-0.39, 0.29) is 17.9 Å². The molecule has 0 bridgehead atoms. The first kappa shape index (κ1) is 19.8. The molecular formula is C19H25ClN4O2. The van der Waals surface area contributed by atoms with Gasteiger partial charge in [-0.05, 0) is 38.5 Å². The Balaban J connectivity index is 2.31. The maximum absolute atomic E-state index is 12.7. The Morgan fingerprint density at radius 2 is 1.92 bits per heavy atom. The number of amides is 1. The Morgan fingerprint density at radius 3 is 2.54 bits per heavy atom. The molecule has 0 spiro atoms. The van der Waals surface area contributed by atoms with E-state index < -0.39 is 0 Å². The van der Waals surface area contributed by atoms with Crippen molar-refractivity contribution in [3.63, 3.8) is 0 Å². The minimum Gasteiger partial charge on any atom is -0.385 e. The number of rotatable bonds is 6. The molecular weight excluding hydrogens is 352 g/mol. The smallest absolute Gasteiger partial charge is 0.251 e. The molecule has 1 aromatic heterocycles. The number of benzene rings is 1. The van der Waals surface area contributed by atoms with E-state index in [1.165, 1.54) is 0 Å². The highest BCUT2D eigenvalue weighted by Gasteiger charge is 2.16. The van der Waals surface area contributed by atoms with E-state index in [0.717, 1.165) is 23.5 Å². The van der Waals surface area contributed by atoms with E-state index in [1.54, 1.807) is 25.2 Å². The predicted molar refractivity (Wildman–Crippen MR) is 107 cm³/mol. The molecule has 1 amide bonds. The fourth-order valence-electron chi connectivity index (χ4n) is 2.91. The minimum absolute atomic E-state index is 0.110. The molecule has 0 unspecified atom stereocenters. The van der Waals surface area contributed by atoms with Gasteiger partial charge in [0.15, 0.2) is 5.43 Å². The lowest BCUT2D eigenvalue weighted by atomic mass is 10.1. The average molecular weight is 377 g/mol. The van der Waals surface area contributed by atoms with Crippen LogP contribution in [0.2, 0.25) is 5.02 Å². The molecule has 0 fully saturated rings. The normalized spacial score (nSPS) is 10.5. The number of aromatic nitrogens is 1. The van der Waals surface area contributed by atoms with E-state index in [1.807, 2.05) is 32.4 Å². The third-order valence-electron chi connectivity index (χ3n) is 4.43. The van der Waals surface area contributed by atoms with Crippen LogP contribution in [0.25, 0.3) is 0 Å². The van der Waals surface area contributed by atoms with Gasteiger partial charge < -0.3 is 20.5 Å². The minimum atomic E-state index is -0.270. The fraction of sp³-hybridized carbons (Fsp3) is 0.368. The summed E-state index contributed by atoms with van der Waals surface area (Å²) in [5.74, 6) is 0.417. The Labute approximate surface area is 158 Å². The lowest BCUT2D eigenvalue weighted by Crippen LogP contribution is -2.29. The standard InChI is InChI=1S/C19H25ClN4O2/c1-6-22-16-9-13(20)8-14(12(16)3)19(26)23-10-15-17(25)7-11(2)24(5)18(15)21-4/h7-9,21-22H,6,10H2,1-5H3,(H,23,26). The maximum Gasteiger partial charge on any atom is 0.251 e. The lowest BCUT2D eigenvalue weighted by molar-refractivity contribution is 0.0950.